The van der Waals surface area contributed by atoms with Crippen LogP contribution in [0.2, 0.25) is 0 Å². The Balaban J connectivity index is 1.68. The third-order valence-corrected chi connectivity index (χ3v) is 2.59. The van der Waals surface area contributed by atoms with Crippen molar-refractivity contribution in [1.29, 1.82) is 0 Å². The van der Waals surface area contributed by atoms with Gasteiger partial charge in [-0.2, -0.15) is 0 Å². The monoisotopic (exact) mass is 245 g/mol. The highest BCUT2D eigenvalue weighted by Gasteiger charge is 1.97. The fourth-order valence-electron chi connectivity index (χ4n) is 1.86. The standard InChI is InChI=1S/C14H19N3O/c1-11-7-12(2)9-13(8-11)18-6-5-15-10-14-16-3-4-17-14/h3-4,7-9,15H,5-6,10H2,1-2H3,(H,16,17). The van der Waals surface area contributed by atoms with E-state index in [-0.39, 0.29) is 0 Å². The SMILES string of the molecule is Cc1cc(C)cc(OCCNCc2ncc[nH]2)c1. The van der Waals surface area contributed by atoms with Crippen molar-refractivity contribution in [2.75, 3.05) is 13.2 Å². The van der Waals surface area contributed by atoms with Crippen LogP contribution in [0.15, 0.2) is 30.6 Å². The molecule has 0 saturated carbocycles. The molecule has 1 heterocycles. The molecule has 0 fully saturated rings. The molecule has 0 bridgehead atoms. The quantitative estimate of drug-likeness (QED) is 0.767. The number of aromatic nitrogens is 2. The minimum absolute atomic E-state index is 0.656. The van der Waals surface area contributed by atoms with E-state index in [0.717, 1.165) is 24.7 Å². The van der Waals surface area contributed by atoms with Crippen LogP contribution in [0.3, 0.4) is 0 Å². The Kier molecular flexibility index (Phi) is 4.36. The first-order valence-corrected chi connectivity index (χ1v) is 6.14. The highest BCUT2D eigenvalue weighted by Crippen LogP contribution is 2.15. The molecule has 2 rings (SSSR count). The van der Waals surface area contributed by atoms with Crippen molar-refractivity contribution in [3.63, 3.8) is 0 Å². The van der Waals surface area contributed by atoms with E-state index in [1.165, 1.54) is 11.1 Å². The summed E-state index contributed by atoms with van der Waals surface area (Å²) in [6, 6.07) is 6.25. The molecule has 1 aromatic heterocycles. The Labute approximate surface area is 107 Å². The molecular formula is C14H19N3O. The smallest absolute Gasteiger partial charge is 0.120 e. The van der Waals surface area contributed by atoms with Crippen molar-refractivity contribution < 1.29 is 4.74 Å². The van der Waals surface area contributed by atoms with Crippen molar-refractivity contribution in [2.24, 2.45) is 0 Å². The second kappa shape index (κ2) is 6.21. The van der Waals surface area contributed by atoms with Crippen LogP contribution in [0.1, 0.15) is 17.0 Å². The van der Waals surface area contributed by atoms with E-state index in [9.17, 15) is 0 Å². The second-order valence-corrected chi connectivity index (χ2v) is 4.38. The summed E-state index contributed by atoms with van der Waals surface area (Å²) in [5.74, 6) is 1.88. The summed E-state index contributed by atoms with van der Waals surface area (Å²) in [5, 5.41) is 3.27. The largest absolute Gasteiger partial charge is 0.492 e. The zero-order valence-corrected chi connectivity index (χ0v) is 10.9. The van der Waals surface area contributed by atoms with Crippen LogP contribution in [0.4, 0.5) is 0 Å². The van der Waals surface area contributed by atoms with Gasteiger partial charge < -0.3 is 15.0 Å². The molecule has 1 aromatic carbocycles. The highest BCUT2D eigenvalue weighted by molar-refractivity contribution is 5.32. The predicted octanol–water partition coefficient (Wildman–Crippen LogP) is 2.20. The molecule has 0 radical (unpaired) electrons. The lowest BCUT2D eigenvalue weighted by molar-refractivity contribution is 0.313. The summed E-state index contributed by atoms with van der Waals surface area (Å²) in [5.41, 5.74) is 2.46. The number of nitrogens with zero attached hydrogens (tertiary/aromatic N) is 1. The molecule has 0 saturated heterocycles. The van der Waals surface area contributed by atoms with Crippen molar-refractivity contribution in [1.82, 2.24) is 15.3 Å². The van der Waals surface area contributed by atoms with Crippen molar-refractivity contribution in [2.45, 2.75) is 20.4 Å². The van der Waals surface area contributed by atoms with Gasteiger partial charge in [0.05, 0.1) is 6.54 Å². The Bertz CT molecular complexity index is 460. The van der Waals surface area contributed by atoms with E-state index >= 15 is 0 Å². The molecule has 2 aromatic rings. The number of hydrogen-bond donors (Lipinski definition) is 2. The van der Waals surface area contributed by atoms with Crippen LogP contribution >= 0.6 is 0 Å². The van der Waals surface area contributed by atoms with Gasteiger partial charge in [0.15, 0.2) is 0 Å². The number of aryl methyl sites for hydroxylation is 2. The number of hydrogen-bond acceptors (Lipinski definition) is 3. The lowest BCUT2D eigenvalue weighted by atomic mass is 10.1. The average molecular weight is 245 g/mol. The zero-order valence-electron chi connectivity index (χ0n) is 10.9. The summed E-state index contributed by atoms with van der Waals surface area (Å²) in [6.45, 7) is 6.35. The molecule has 0 aliphatic rings. The van der Waals surface area contributed by atoms with Gasteiger partial charge in [-0.05, 0) is 37.1 Å². The van der Waals surface area contributed by atoms with Crippen LogP contribution in [0.25, 0.3) is 0 Å². The van der Waals surface area contributed by atoms with Gasteiger partial charge in [-0.3, -0.25) is 0 Å². The van der Waals surface area contributed by atoms with E-state index < -0.39 is 0 Å². The van der Waals surface area contributed by atoms with Gasteiger partial charge in [0, 0.05) is 18.9 Å². The van der Waals surface area contributed by atoms with E-state index in [1.54, 1.807) is 6.20 Å². The van der Waals surface area contributed by atoms with Gasteiger partial charge >= 0.3 is 0 Å². The van der Waals surface area contributed by atoms with E-state index in [0.29, 0.717) is 6.61 Å². The maximum atomic E-state index is 5.69. The van der Waals surface area contributed by atoms with Gasteiger partial charge in [0.1, 0.15) is 18.2 Å². The third-order valence-electron chi connectivity index (χ3n) is 2.59. The van der Waals surface area contributed by atoms with E-state index in [4.69, 9.17) is 4.74 Å². The van der Waals surface area contributed by atoms with Crippen molar-refractivity contribution in [3.05, 3.63) is 47.5 Å². The topological polar surface area (TPSA) is 49.9 Å². The minimum atomic E-state index is 0.656. The summed E-state index contributed by atoms with van der Waals surface area (Å²) >= 11 is 0. The number of H-pyrrole nitrogens is 1. The molecule has 0 spiro atoms. The Morgan fingerprint density at radius 1 is 1.22 bits per heavy atom. The van der Waals surface area contributed by atoms with Crippen LogP contribution in [-0.2, 0) is 6.54 Å². The van der Waals surface area contributed by atoms with Gasteiger partial charge in [0.2, 0.25) is 0 Å². The molecule has 0 amide bonds. The number of benzene rings is 1. The summed E-state index contributed by atoms with van der Waals surface area (Å²) in [6.07, 6.45) is 3.58. The molecule has 0 unspecified atom stereocenters. The van der Waals surface area contributed by atoms with Crippen LogP contribution in [-0.4, -0.2) is 23.1 Å². The van der Waals surface area contributed by atoms with E-state index in [2.05, 4.69) is 47.3 Å². The van der Waals surface area contributed by atoms with Gasteiger partial charge in [-0.1, -0.05) is 6.07 Å². The molecule has 4 heteroatoms. The van der Waals surface area contributed by atoms with Crippen LogP contribution < -0.4 is 10.1 Å². The fourth-order valence-corrected chi connectivity index (χ4v) is 1.86. The van der Waals surface area contributed by atoms with Gasteiger partial charge in [-0.15, -0.1) is 0 Å². The number of nitrogens with one attached hydrogen (secondary N) is 2. The second-order valence-electron chi connectivity index (χ2n) is 4.38. The molecular weight excluding hydrogens is 226 g/mol. The highest BCUT2D eigenvalue weighted by atomic mass is 16.5. The summed E-state index contributed by atoms with van der Waals surface area (Å²) < 4.78 is 5.69. The molecule has 0 atom stereocenters. The average Bonchev–Trinajstić information content (AvgIpc) is 2.80. The Morgan fingerprint density at radius 3 is 2.67 bits per heavy atom. The van der Waals surface area contributed by atoms with Gasteiger partial charge in [-0.25, -0.2) is 4.98 Å². The summed E-state index contributed by atoms with van der Waals surface area (Å²) in [4.78, 5) is 7.18. The molecule has 2 N–H and O–H groups in total. The Morgan fingerprint density at radius 2 is 2.00 bits per heavy atom. The maximum absolute atomic E-state index is 5.69. The third kappa shape index (κ3) is 3.89. The zero-order chi connectivity index (χ0) is 12.8. The van der Waals surface area contributed by atoms with E-state index in [1.807, 2.05) is 6.20 Å². The fraction of sp³-hybridized carbons (Fsp3) is 0.357. The Hall–Kier alpha value is -1.81. The van der Waals surface area contributed by atoms with Crippen LogP contribution in [0, 0.1) is 13.8 Å². The first-order chi connectivity index (χ1) is 8.74. The van der Waals surface area contributed by atoms with Crippen molar-refractivity contribution >= 4 is 0 Å². The molecule has 18 heavy (non-hydrogen) atoms. The molecule has 0 aliphatic carbocycles. The lowest BCUT2D eigenvalue weighted by Crippen LogP contribution is -2.21. The van der Waals surface area contributed by atoms with Gasteiger partial charge in [0.25, 0.3) is 0 Å². The molecule has 96 valence electrons. The first kappa shape index (κ1) is 12.6. The van der Waals surface area contributed by atoms with Crippen molar-refractivity contribution in [3.8, 4) is 5.75 Å². The summed E-state index contributed by atoms with van der Waals surface area (Å²) in [7, 11) is 0. The number of aromatic amines is 1. The molecule has 0 aliphatic heterocycles. The first-order valence-electron chi connectivity index (χ1n) is 6.14. The van der Waals surface area contributed by atoms with Crippen LogP contribution in [0.5, 0.6) is 5.75 Å². The molecule has 4 nitrogen and oxygen atoms in total. The minimum Gasteiger partial charge on any atom is -0.492 e. The normalized spacial score (nSPS) is 10.6. The number of imidazole rings is 1. The number of rotatable bonds is 6. The predicted molar refractivity (Wildman–Crippen MR) is 71.7 cm³/mol. The number of ether oxygens (including phenoxy) is 1. The lowest BCUT2D eigenvalue weighted by Gasteiger charge is -2.08. The maximum Gasteiger partial charge on any atom is 0.120 e.